The lowest BCUT2D eigenvalue weighted by molar-refractivity contribution is -0.139. The van der Waals surface area contributed by atoms with Crippen molar-refractivity contribution >= 4 is 5.97 Å². The van der Waals surface area contributed by atoms with Crippen LogP contribution in [0.3, 0.4) is 0 Å². The molecule has 1 aromatic carbocycles. The second kappa shape index (κ2) is 6.55. The summed E-state index contributed by atoms with van der Waals surface area (Å²) in [5.74, 6) is -0.177. The average molecular weight is 247 g/mol. The Hall–Kier alpha value is -1.35. The van der Waals surface area contributed by atoms with Gasteiger partial charge in [0.1, 0.15) is 0 Å². The zero-order valence-electron chi connectivity index (χ0n) is 10.9. The van der Waals surface area contributed by atoms with Crippen LogP contribution < -0.4 is 5.32 Å². The monoisotopic (exact) mass is 247 g/mol. The Balaban J connectivity index is 1.95. The maximum absolute atomic E-state index is 11.4. The smallest absolute Gasteiger partial charge is 0.309 e. The zero-order chi connectivity index (χ0) is 12.8. The first-order valence-electron chi connectivity index (χ1n) is 6.66. The number of hydrogen-bond donors (Lipinski definition) is 1. The average Bonchev–Trinajstić information content (AvgIpc) is 2.91. The lowest BCUT2D eigenvalue weighted by Crippen LogP contribution is -2.26. The highest BCUT2D eigenvalue weighted by atomic mass is 16.5. The lowest BCUT2D eigenvalue weighted by Gasteiger charge is -2.14. The Bertz CT molecular complexity index is 397. The molecule has 2 rings (SSSR count). The molecule has 1 N–H and O–H groups in total. The van der Waals surface area contributed by atoms with Gasteiger partial charge in [0.2, 0.25) is 0 Å². The number of benzene rings is 1. The van der Waals surface area contributed by atoms with E-state index >= 15 is 0 Å². The maximum atomic E-state index is 11.4. The minimum Gasteiger partial charge on any atom is -0.469 e. The molecule has 1 fully saturated rings. The summed E-state index contributed by atoms with van der Waals surface area (Å²) in [6, 6.07) is 8.73. The van der Waals surface area contributed by atoms with E-state index in [0.29, 0.717) is 12.5 Å². The van der Waals surface area contributed by atoms with Crippen LogP contribution in [0.1, 0.15) is 36.8 Å². The summed E-state index contributed by atoms with van der Waals surface area (Å²) in [6.07, 6.45) is 5.58. The number of ether oxygens (including phenoxy) is 1. The van der Waals surface area contributed by atoms with Gasteiger partial charge in [-0.3, -0.25) is 4.79 Å². The number of rotatable bonds is 5. The molecule has 0 saturated heterocycles. The molecule has 0 amide bonds. The molecule has 1 aliphatic rings. The number of nitrogens with one attached hydrogen (secondary N) is 1. The third kappa shape index (κ3) is 3.57. The standard InChI is InChI=1S/C15H21NO2/c1-18-15(17)10-12-6-2-3-7-13(12)11-16-14-8-4-5-9-14/h2-3,6-7,14,16H,4-5,8-11H2,1H3. The molecule has 0 aromatic heterocycles. The van der Waals surface area contributed by atoms with Crippen molar-refractivity contribution in [3.8, 4) is 0 Å². The van der Waals surface area contributed by atoms with Gasteiger partial charge >= 0.3 is 5.97 Å². The van der Waals surface area contributed by atoms with Crippen LogP contribution in [0.5, 0.6) is 0 Å². The Morgan fingerprint density at radius 3 is 2.61 bits per heavy atom. The molecule has 1 aromatic rings. The molecule has 1 aliphatic carbocycles. The van der Waals surface area contributed by atoms with Crippen molar-refractivity contribution in [2.75, 3.05) is 7.11 Å². The van der Waals surface area contributed by atoms with Gasteiger partial charge in [0.05, 0.1) is 13.5 Å². The van der Waals surface area contributed by atoms with Crippen LogP contribution in [-0.4, -0.2) is 19.1 Å². The normalized spacial score (nSPS) is 15.8. The van der Waals surface area contributed by atoms with Gasteiger partial charge in [-0.2, -0.15) is 0 Å². The molecule has 1 saturated carbocycles. The molecular formula is C15H21NO2. The molecule has 0 aliphatic heterocycles. The quantitative estimate of drug-likeness (QED) is 0.812. The van der Waals surface area contributed by atoms with Crippen molar-refractivity contribution in [1.82, 2.24) is 5.32 Å². The predicted octanol–water partition coefficient (Wildman–Crippen LogP) is 2.43. The zero-order valence-corrected chi connectivity index (χ0v) is 10.9. The summed E-state index contributed by atoms with van der Waals surface area (Å²) in [6.45, 7) is 0.845. The van der Waals surface area contributed by atoms with Crippen molar-refractivity contribution in [3.63, 3.8) is 0 Å². The molecule has 0 radical (unpaired) electrons. The molecule has 0 heterocycles. The lowest BCUT2D eigenvalue weighted by atomic mass is 10.0. The van der Waals surface area contributed by atoms with Crippen molar-refractivity contribution in [3.05, 3.63) is 35.4 Å². The van der Waals surface area contributed by atoms with Gasteiger partial charge in [0.25, 0.3) is 0 Å². The fourth-order valence-corrected chi connectivity index (χ4v) is 2.51. The largest absolute Gasteiger partial charge is 0.469 e. The highest BCUT2D eigenvalue weighted by Crippen LogP contribution is 2.19. The van der Waals surface area contributed by atoms with E-state index in [1.807, 2.05) is 18.2 Å². The fraction of sp³-hybridized carbons (Fsp3) is 0.533. The Morgan fingerprint density at radius 2 is 1.94 bits per heavy atom. The summed E-state index contributed by atoms with van der Waals surface area (Å²) >= 11 is 0. The SMILES string of the molecule is COC(=O)Cc1ccccc1CNC1CCCC1. The molecule has 3 heteroatoms. The van der Waals surface area contributed by atoms with E-state index in [-0.39, 0.29) is 5.97 Å². The van der Waals surface area contributed by atoms with Crippen LogP contribution in [-0.2, 0) is 22.5 Å². The van der Waals surface area contributed by atoms with Gasteiger partial charge in [-0.05, 0) is 24.0 Å². The Labute approximate surface area is 109 Å². The van der Waals surface area contributed by atoms with Crippen LogP contribution >= 0.6 is 0 Å². The van der Waals surface area contributed by atoms with Gasteiger partial charge in [-0.1, -0.05) is 37.1 Å². The molecule has 0 bridgehead atoms. The first-order chi connectivity index (χ1) is 8.79. The van der Waals surface area contributed by atoms with Crippen LogP contribution in [0, 0.1) is 0 Å². The summed E-state index contributed by atoms with van der Waals surface area (Å²) < 4.78 is 4.73. The summed E-state index contributed by atoms with van der Waals surface area (Å²) in [5.41, 5.74) is 2.27. The van der Waals surface area contributed by atoms with Crippen molar-refractivity contribution in [2.45, 2.75) is 44.7 Å². The van der Waals surface area contributed by atoms with Crippen LogP contribution in [0.15, 0.2) is 24.3 Å². The summed E-state index contributed by atoms with van der Waals surface area (Å²) in [4.78, 5) is 11.4. The van der Waals surface area contributed by atoms with Gasteiger partial charge in [-0.25, -0.2) is 0 Å². The molecule has 98 valence electrons. The molecule has 0 spiro atoms. The van der Waals surface area contributed by atoms with Crippen molar-refractivity contribution < 1.29 is 9.53 Å². The first-order valence-corrected chi connectivity index (χ1v) is 6.66. The second-order valence-corrected chi connectivity index (χ2v) is 4.88. The van der Waals surface area contributed by atoms with E-state index in [2.05, 4.69) is 11.4 Å². The Kier molecular flexibility index (Phi) is 4.76. The van der Waals surface area contributed by atoms with E-state index in [1.165, 1.54) is 38.4 Å². The predicted molar refractivity (Wildman–Crippen MR) is 71.3 cm³/mol. The van der Waals surface area contributed by atoms with E-state index < -0.39 is 0 Å². The molecule has 0 unspecified atom stereocenters. The van der Waals surface area contributed by atoms with Crippen molar-refractivity contribution in [1.29, 1.82) is 0 Å². The van der Waals surface area contributed by atoms with E-state index in [9.17, 15) is 4.79 Å². The minimum absolute atomic E-state index is 0.177. The van der Waals surface area contributed by atoms with Crippen LogP contribution in [0.25, 0.3) is 0 Å². The van der Waals surface area contributed by atoms with Gasteiger partial charge in [-0.15, -0.1) is 0 Å². The maximum Gasteiger partial charge on any atom is 0.309 e. The van der Waals surface area contributed by atoms with E-state index in [4.69, 9.17) is 4.74 Å². The molecule has 0 atom stereocenters. The first kappa shape index (κ1) is 13.1. The van der Waals surface area contributed by atoms with E-state index in [1.54, 1.807) is 0 Å². The number of carbonyl (C=O) groups excluding carboxylic acids is 1. The topological polar surface area (TPSA) is 38.3 Å². The van der Waals surface area contributed by atoms with Gasteiger partial charge in [0, 0.05) is 12.6 Å². The number of hydrogen-bond acceptors (Lipinski definition) is 3. The third-order valence-corrected chi connectivity index (χ3v) is 3.62. The van der Waals surface area contributed by atoms with Gasteiger partial charge in [0.15, 0.2) is 0 Å². The molecular weight excluding hydrogens is 226 g/mol. The van der Waals surface area contributed by atoms with Crippen LogP contribution in [0.2, 0.25) is 0 Å². The second-order valence-electron chi connectivity index (χ2n) is 4.88. The molecule has 18 heavy (non-hydrogen) atoms. The summed E-state index contributed by atoms with van der Waals surface area (Å²) in [7, 11) is 1.43. The Morgan fingerprint density at radius 1 is 1.28 bits per heavy atom. The fourth-order valence-electron chi connectivity index (χ4n) is 2.51. The molecule has 3 nitrogen and oxygen atoms in total. The van der Waals surface area contributed by atoms with Crippen molar-refractivity contribution in [2.24, 2.45) is 0 Å². The number of esters is 1. The van der Waals surface area contributed by atoms with Gasteiger partial charge < -0.3 is 10.1 Å². The summed E-state index contributed by atoms with van der Waals surface area (Å²) in [5, 5.41) is 3.58. The third-order valence-electron chi connectivity index (χ3n) is 3.62. The highest BCUT2D eigenvalue weighted by Gasteiger charge is 2.15. The highest BCUT2D eigenvalue weighted by molar-refractivity contribution is 5.72. The van der Waals surface area contributed by atoms with E-state index in [0.717, 1.165) is 12.1 Å². The number of methoxy groups -OCH3 is 1. The minimum atomic E-state index is -0.177. The number of carbonyl (C=O) groups is 1. The van der Waals surface area contributed by atoms with Crippen LogP contribution in [0.4, 0.5) is 0 Å².